The monoisotopic (exact) mass is 285 g/mol. The average Bonchev–Trinajstić information content (AvgIpc) is 2.50. The van der Waals surface area contributed by atoms with E-state index < -0.39 is 0 Å². The molecule has 21 heavy (non-hydrogen) atoms. The van der Waals surface area contributed by atoms with E-state index in [1.807, 2.05) is 25.2 Å². The number of benzene rings is 2. The van der Waals surface area contributed by atoms with Crippen molar-refractivity contribution in [3.05, 3.63) is 47.0 Å². The summed E-state index contributed by atoms with van der Waals surface area (Å²) < 4.78 is 10.7. The van der Waals surface area contributed by atoms with Gasteiger partial charge in [-0.3, -0.25) is 0 Å². The third-order valence-electron chi connectivity index (χ3n) is 3.73. The van der Waals surface area contributed by atoms with E-state index in [2.05, 4.69) is 31.3 Å². The van der Waals surface area contributed by atoms with Gasteiger partial charge in [-0.05, 0) is 60.8 Å². The number of ether oxygens (including phenoxy) is 2. The molecule has 0 aliphatic heterocycles. The zero-order chi connectivity index (χ0) is 15.4. The van der Waals surface area contributed by atoms with Crippen LogP contribution in [0.15, 0.2) is 30.3 Å². The van der Waals surface area contributed by atoms with Crippen molar-refractivity contribution in [3.8, 4) is 22.6 Å². The molecule has 0 aliphatic rings. The van der Waals surface area contributed by atoms with Crippen LogP contribution in [0.4, 0.5) is 0 Å². The highest BCUT2D eigenvalue weighted by Gasteiger charge is 2.08. The summed E-state index contributed by atoms with van der Waals surface area (Å²) in [7, 11) is 5.32. The highest BCUT2D eigenvalue weighted by atomic mass is 16.5. The summed E-state index contributed by atoms with van der Waals surface area (Å²) >= 11 is 0. The first-order chi connectivity index (χ1) is 10.1. The van der Waals surface area contributed by atoms with E-state index in [9.17, 15) is 0 Å². The molecule has 0 spiro atoms. The van der Waals surface area contributed by atoms with E-state index in [1.165, 1.54) is 22.3 Å². The number of aryl methyl sites for hydroxylation is 2. The van der Waals surface area contributed by atoms with Gasteiger partial charge in [0.2, 0.25) is 0 Å². The Balaban J connectivity index is 2.51. The lowest BCUT2D eigenvalue weighted by atomic mass is 9.95. The molecule has 2 aromatic rings. The van der Waals surface area contributed by atoms with Gasteiger partial charge < -0.3 is 14.8 Å². The second kappa shape index (κ2) is 6.64. The van der Waals surface area contributed by atoms with Gasteiger partial charge in [-0.25, -0.2) is 0 Å². The molecule has 0 saturated carbocycles. The van der Waals surface area contributed by atoms with E-state index >= 15 is 0 Å². The fraction of sp³-hybridized carbons (Fsp3) is 0.333. The normalized spacial score (nSPS) is 10.5. The van der Waals surface area contributed by atoms with Crippen molar-refractivity contribution in [1.82, 2.24) is 5.32 Å². The number of nitrogens with one attached hydrogen (secondary N) is 1. The van der Waals surface area contributed by atoms with Crippen molar-refractivity contribution in [3.63, 3.8) is 0 Å². The zero-order valence-corrected chi connectivity index (χ0v) is 13.4. The molecule has 2 rings (SSSR count). The number of hydrogen-bond acceptors (Lipinski definition) is 3. The van der Waals surface area contributed by atoms with Gasteiger partial charge in [0.15, 0.2) is 0 Å². The van der Waals surface area contributed by atoms with Gasteiger partial charge in [-0.2, -0.15) is 0 Å². The second-order valence-electron chi connectivity index (χ2n) is 5.22. The van der Waals surface area contributed by atoms with Crippen molar-refractivity contribution in [1.29, 1.82) is 0 Å². The molecule has 0 amide bonds. The molecule has 0 aromatic heterocycles. The van der Waals surface area contributed by atoms with Gasteiger partial charge in [-0.15, -0.1) is 0 Å². The summed E-state index contributed by atoms with van der Waals surface area (Å²) in [4.78, 5) is 0. The molecule has 1 N–H and O–H groups in total. The molecule has 0 heterocycles. The van der Waals surface area contributed by atoms with Crippen molar-refractivity contribution < 1.29 is 9.47 Å². The lowest BCUT2D eigenvalue weighted by Crippen LogP contribution is -2.08. The van der Waals surface area contributed by atoms with Gasteiger partial charge in [0.05, 0.1) is 14.2 Å². The molecule has 0 bridgehead atoms. The average molecular weight is 285 g/mol. The Kier molecular flexibility index (Phi) is 4.86. The Morgan fingerprint density at radius 3 is 1.71 bits per heavy atom. The maximum atomic E-state index is 5.35. The number of methoxy groups -OCH3 is 2. The van der Waals surface area contributed by atoms with Gasteiger partial charge in [0.25, 0.3) is 0 Å². The lowest BCUT2D eigenvalue weighted by molar-refractivity contribution is 0.394. The van der Waals surface area contributed by atoms with Crippen LogP contribution in [0.2, 0.25) is 0 Å². The highest BCUT2D eigenvalue weighted by Crippen LogP contribution is 2.31. The van der Waals surface area contributed by atoms with E-state index in [0.29, 0.717) is 0 Å². The second-order valence-corrected chi connectivity index (χ2v) is 5.22. The molecule has 3 heteroatoms. The van der Waals surface area contributed by atoms with Crippen molar-refractivity contribution in [2.75, 3.05) is 21.3 Å². The summed E-state index contributed by atoms with van der Waals surface area (Å²) in [5, 5.41) is 3.22. The Bertz CT molecular complexity index is 590. The molecule has 0 atom stereocenters. The third-order valence-corrected chi connectivity index (χ3v) is 3.73. The van der Waals surface area contributed by atoms with E-state index in [4.69, 9.17) is 9.47 Å². The molecule has 0 saturated heterocycles. The van der Waals surface area contributed by atoms with E-state index in [-0.39, 0.29) is 0 Å². The Hall–Kier alpha value is -2.00. The predicted molar refractivity (Wildman–Crippen MR) is 87.2 cm³/mol. The Labute approximate surface area is 126 Å². The largest absolute Gasteiger partial charge is 0.497 e. The summed E-state index contributed by atoms with van der Waals surface area (Å²) in [6.45, 7) is 5.19. The fourth-order valence-electron chi connectivity index (χ4n) is 2.59. The van der Waals surface area contributed by atoms with Crippen LogP contribution in [0.25, 0.3) is 11.1 Å². The zero-order valence-electron chi connectivity index (χ0n) is 13.4. The molecule has 2 aromatic carbocycles. The maximum absolute atomic E-state index is 5.35. The minimum absolute atomic E-state index is 0.805. The van der Waals surface area contributed by atoms with Crippen LogP contribution in [0.5, 0.6) is 11.5 Å². The first-order valence-corrected chi connectivity index (χ1v) is 7.07. The minimum Gasteiger partial charge on any atom is -0.497 e. The van der Waals surface area contributed by atoms with E-state index in [0.717, 1.165) is 23.6 Å². The topological polar surface area (TPSA) is 30.5 Å². The van der Waals surface area contributed by atoms with Crippen molar-refractivity contribution >= 4 is 0 Å². The van der Waals surface area contributed by atoms with Crippen LogP contribution in [-0.2, 0) is 6.54 Å². The molecule has 0 radical (unpaired) electrons. The minimum atomic E-state index is 0.805. The summed E-state index contributed by atoms with van der Waals surface area (Å²) in [5.41, 5.74) is 6.23. The smallest absolute Gasteiger partial charge is 0.123 e. The standard InChI is InChI=1S/C18H23NO2/c1-12-6-14(7-13(2)18(12)11-19-3)15-8-16(20-4)10-17(9-15)21-5/h6-10,19H,11H2,1-5H3. The number of rotatable bonds is 5. The van der Waals surface area contributed by atoms with Crippen LogP contribution >= 0.6 is 0 Å². The molecule has 0 aliphatic carbocycles. The molecular weight excluding hydrogens is 262 g/mol. The highest BCUT2D eigenvalue weighted by molar-refractivity contribution is 5.69. The predicted octanol–water partition coefficient (Wildman–Crippen LogP) is 3.71. The van der Waals surface area contributed by atoms with Crippen LogP contribution in [0, 0.1) is 13.8 Å². The maximum Gasteiger partial charge on any atom is 0.123 e. The molecule has 0 fully saturated rings. The van der Waals surface area contributed by atoms with Crippen molar-refractivity contribution in [2.45, 2.75) is 20.4 Å². The quantitative estimate of drug-likeness (QED) is 0.908. The van der Waals surface area contributed by atoms with Crippen LogP contribution in [-0.4, -0.2) is 21.3 Å². The Morgan fingerprint density at radius 1 is 0.810 bits per heavy atom. The lowest BCUT2D eigenvalue weighted by Gasteiger charge is -2.14. The number of hydrogen-bond donors (Lipinski definition) is 1. The van der Waals surface area contributed by atoms with Crippen molar-refractivity contribution in [2.24, 2.45) is 0 Å². The first-order valence-electron chi connectivity index (χ1n) is 7.07. The summed E-state index contributed by atoms with van der Waals surface area (Å²) in [6, 6.07) is 10.4. The molecule has 112 valence electrons. The molecular formula is C18H23NO2. The summed E-state index contributed by atoms with van der Waals surface area (Å²) in [5.74, 6) is 1.61. The SMILES string of the molecule is CNCc1c(C)cc(-c2cc(OC)cc(OC)c2)cc1C. The van der Waals surface area contributed by atoms with Gasteiger partial charge in [0.1, 0.15) is 11.5 Å². The fourth-order valence-corrected chi connectivity index (χ4v) is 2.59. The summed E-state index contributed by atoms with van der Waals surface area (Å²) in [6.07, 6.45) is 0. The van der Waals surface area contributed by atoms with Crippen LogP contribution < -0.4 is 14.8 Å². The molecule has 0 unspecified atom stereocenters. The van der Waals surface area contributed by atoms with Gasteiger partial charge >= 0.3 is 0 Å². The van der Waals surface area contributed by atoms with Crippen LogP contribution in [0.3, 0.4) is 0 Å². The van der Waals surface area contributed by atoms with E-state index in [1.54, 1.807) is 14.2 Å². The first kappa shape index (κ1) is 15.4. The Morgan fingerprint density at radius 2 is 1.29 bits per heavy atom. The van der Waals surface area contributed by atoms with Gasteiger partial charge in [-0.1, -0.05) is 12.1 Å². The molecule has 3 nitrogen and oxygen atoms in total. The van der Waals surface area contributed by atoms with Gasteiger partial charge in [0, 0.05) is 12.6 Å². The third kappa shape index (κ3) is 3.37. The van der Waals surface area contributed by atoms with Crippen LogP contribution in [0.1, 0.15) is 16.7 Å².